The fourth-order valence-electron chi connectivity index (χ4n) is 2.78. The summed E-state index contributed by atoms with van der Waals surface area (Å²) in [5.74, 6) is 0.108. The van der Waals surface area contributed by atoms with Gasteiger partial charge in [0.2, 0.25) is 11.8 Å². The van der Waals surface area contributed by atoms with Crippen molar-refractivity contribution in [1.82, 2.24) is 9.80 Å². The van der Waals surface area contributed by atoms with E-state index < -0.39 is 0 Å². The molecule has 2 saturated heterocycles. The second-order valence-electron chi connectivity index (χ2n) is 5.45. The normalized spacial score (nSPS) is 24.0. The average molecular weight is 292 g/mol. The van der Waals surface area contributed by atoms with Crippen LogP contribution in [0.5, 0.6) is 0 Å². The van der Waals surface area contributed by atoms with Crippen molar-refractivity contribution in [3.63, 3.8) is 0 Å². The number of likely N-dealkylation sites (tertiary alicyclic amines) is 1. The Balaban J connectivity index is 1.90. The Kier molecular flexibility index (Phi) is 5.99. The van der Waals surface area contributed by atoms with Gasteiger partial charge in [-0.3, -0.25) is 9.59 Å². The third-order valence-electron chi connectivity index (χ3n) is 3.95. The van der Waals surface area contributed by atoms with Crippen LogP contribution in [0.15, 0.2) is 24.3 Å². The Hall–Kier alpha value is -1.62. The van der Waals surface area contributed by atoms with Crippen molar-refractivity contribution in [2.24, 2.45) is 5.92 Å². The van der Waals surface area contributed by atoms with Gasteiger partial charge in [0.25, 0.3) is 0 Å². The number of hydrogen-bond donors (Lipinski definition) is 0. The first-order valence-corrected chi connectivity index (χ1v) is 7.67. The van der Waals surface area contributed by atoms with E-state index in [0.29, 0.717) is 32.8 Å². The first-order valence-electron chi connectivity index (χ1n) is 7.67. The monoisotopic (exact) mass is 292 g/mol. The van der Waals surface area contributed by atoms with Gasteiger partial charge in [0.1, 0.15) is 0 Å². The minimum Gasteiger partial charge on any atom is -0.378 e. The zero-order valence-electron chi connectivity index (χ0n) is 12.7. The van der Waals surface area contributed by atoms with E-state index >= 15 is 0 Å². The molecule has 21 heavy (non-hydrogen) atoms. The summed E-state index contributed by atoms with van der Waals surface area (Å²) in [5, 5.41) is 0. The average Bonchev–Trinajstić information content (AvgIpc) is 2.55. The molecule has 5 nitrogen and oxygen atoms in total. The van der Waals surface area contributed by atoms with Crippen molar-refractivity contribution in [1.29, 1.82) is 0 Å². The maximum Gasteiger partial charge on any atom is 0.246 e. The summed E-state index contributed by atoms with van der Waals surface area (Å²) < 4.78 is 5.28. The summed E-state index contributed by atoms with van der Waals surface area (Å²) in [7, 11) is 0. The van der Waals surface area contributed by atoms with Crippen LogP contribution in [-0.4, -0.2) is 61.0 Å². The molecule has 2 amide bonds. The van der Waals surface area contributed by atoms with Crippen molar-refractivity contribution in [3.05, 3.63) is 24.3 Å². The lowest BCUT2D eigenvalue weighted by atomic mass is 9.96. The van der Waals surface area contributed by atoms with E-state index in [1.165, 1.54) is 0 Å². The summed E-state index contributed by atoms with van der Waals surface area (Å²) >= 11 is 0. The molecule has 0 radical (unpaired) electrons. The third-order valence-corrected chi connectivity index (χ3v) is 3.95. The summed E-state index contributed by atoms with van der Waals surface area (Å²) in [6.45, 7) is 5.77. The highest BCUT2D eigenvalue weighted by atomic mass is 16.5. The van der Waals surface area contributed by atoms with Crippen LogP contribution in [0.4, 0.5) is 0 Å². The number of ether oxygens (including phenoxy) is 1. The van der Waals surface area contributed by atoms with E-state index in [1.54, 1.807) is 17.1 Å². The molecule has 0 aromatic rings. The van der Waals surface area contributed by atoms with Crippen molar-refractivity contribution < 1.29 is 14.3 Å². The molecule has 2 rings (SSSR count). The lowest BCUT2D eigenvalue weighted by Gasteiger charge is -2.35. The standard InChI is InChI=1S/C16H24N2O3/c1-2-3-4-7-15(19)18-8-5-6-14(13-18)16(20)17-9-11-21-12-10-17/h2-4,7,14H,5-6,8-13H2,1H3/b3-2+,7-4-/t14-/m0/s1. The van der Waals surface area contributed by atoms with Gasteiger partial charge in [-0.1, -0.05) is 18.2 Å². The zero-order chi connectivity index (χ0) is 15.1. The minimum absolute atomic E-state index is 0.00687. The lowest BCUT2D eigenvalue weighted by Crippen LogP contribution is -2.49. The first-order chi connectivity index (χ1) is 10.2. The second-order valence-corrected chi connectivity index (χ2v) is 5.45. The van der Waals surface area contributed by atoms with Crippen molar-refractivity contribution in [2.75, 3.05) is 39.4 Å². The molecule has 0 saturated carbocycles. The van der Waals surface area contributed by atoms with Crippen molar-refractivity contribution in [3.8, 4) is 0 Å². The van der Waals surface area contributed by atoms with Crippen LogP contribution in [0.3, 0.4) is 0 Å². The number of morpholine rings is 1. The summed E-state index contributed by atoms with van der Waals surface area (Å²) in [6, 6.07) is 0. The smallest absolute Gasteiger partial charge is 0.246 e. The molecule has 0 aliphatic carbocycles. The molecule has 2 aliphatic heterocycles. The minimum atomic E-state index is -0.0593. The molecule has 5 heteroatoms. The van der Waals surface area contributed by atoms with Gasteiger partial charge in [-0.15, -0.1) is 0 Å². The maximum absolute atomic E-state index is 12.5. The van der Waals surface area contributed by atoms with Gasteiger partial charge >= 0.3 is 0 Å². The van der Waals surface area contributed by atoms with E-state index in [4.69, 9.17) is 4.74 Å². The van der Waals surface area contributed by atoms with Crippen LogP contribution in [-0.2, 0) is 14.3 Å². The number of carbonyl (C=O) groups excluding carboxylic acids is 2. The maximum atomic E-state index is 12.5. The number of carbonyl (C=O) groups is 2. The molecule has 0 spiro atoms. The van der Waals surface area contributed by atoms with E-state index in [9.17, 15) is 9.59 Å². The Morgan fingerprint density at radius 2 is 1.86 bits per heavy atom. The molecule has 0 aromatic carbocycles. The Morgan fingerprint density at radius 3 is 2.57 bits per heavy atom. The number of nitrogens with zero attached hydrogens (tertiary/aromatic N) is 2. The molecule has 0 bridgehead atoms. The molecule has 0 unspecified atom stereocenters. The fourth-order valence-corrected chi connectivity index (χ4v) is 2.78. The number of hydrogen-bond acceptors (Lipinski definition) is 3. The lowest BCUT2D eigenvalue weighted by molar-refractivity contribution is -0.143. The zero-order valence-corrected chi connectivity index (χ0v) is 12.7. The quantitative estimate of drug-likeness (QED) is 0.580. The van der Waals surface area contributed by atoms with Crippen LogP contribution >= 0.6 is 0 Å². The molecular weight excluding hydrogens is 268 g/mol. The summed E-state index contributed by atoms with van der Waals surface area (Å²) in [5.41, 5.74) is 0. The van der Waals surface area contributed by atoms with Crippen LogP contribution < -0.4 is 0 Å². The SMILES string of the molecule is C/C=C/C=C\C(=O)N1CCC[C@H](C(=O)N2CCOCC2)C1. The fraction of sp³-hybridized carbons (Fsp3) is 0.625. The molecule has 2 fully saturated rings. The van der Waals surface area contributed by atoms with Gasteiger partial charge in [-0.25, -0.2) is 0 Å². The Morgan fingerprint density at radius 1 is 1.10 bits per heavy atom. The molecule has 0 N–H and O–H groups in total. The summed E-state index contributed by atoms with van der Waals surface area (Å²) in [6.07, 6.45) is 8.79. The topological polar surface area (TPSA) is 49.9 Å². The summed E-state index contributed by atoms with van der Waals surface area (Å²) in [4.78, 5) is 28.2. The molecule has 2 heterocycles. The highest BCUT2D eigenvalue weighted by molar-refractivity contribution is 5.88. The van der Waals surface area contributed by atoms with Crippen LogP contribution in [0.1, 0.15) is 19.8 Å². The highest BCUT2D eigenvalue weighted by Crippen LogP contribution is 2.19. The van der Waals surface area contributed by atoms with Gasteiger partial charge in [-0.05, 0) is 19.8 Å². The highest BCUT2D eigenvalue weighted by Gasteiger charge is 2.31. The van der Waals surface area contributed by atoms with Crippen LogP contribution in [0, 0.1) is 5.92 Å². The molecule has 2 aliphatic rings. The van der Waals surface area contributed by atoms with Gasteiger partial charge in [0.05, 0.1) is 19.1 Å². The van der Waals surface area contributed by atoms with E-state index in [2.05, 4.69) is 0 Å². The number of allylic oxidation sites excluding steroid dienone is 3. The van der Waals surface area contributed by atoms with Crippen molar-refractivity contribution >= 4 is 11.8 Å². The van der Waals surface area contributed by atoms with E-state index in [0.717, 1.165) is 19.4 Å². The first kappa shape index (κ1) is 15.8. The van der Waals surface area contributed by atoms with Gasteiger partial charge in [0, 0.05) is 32.3 Å². The van der Waals surface area contributed by atoms with Gasteiger partial charge in [-0.2, -0.15) is 0 Å². The molecule has 0 aromatic heterocycles. The van der Waals surface area contributed by atoms with Crippen LogP contribution in [0.25, 0.3) is 0 Å². The number of amides is 2. The largest absolute Gasteiger partial charge is 0.378 e. The number of piperidine rings is 1. The van der Waals surface area contributed by atoms with Gasteiger partial charge < -0.3 is 14.5 Å². The van der Waals surface area contributed by atoms with Crippen LogP contribution in [0.2, 0.25) is 0 Å². The Labute approximate surface area is 126 Å². The predicted octanol–water partition coefficient (Wildman–Crippen LogP) is 1.22. The molecule has 1 atom stereocenters. The second kappa shape index (κ2) is 7.98. The third kappa shape index (κ3) is 4.43. The van der Waals surface area contributed by atoms with Crippen molar-refractivity contribution in [2.45, 2.75) is 19.8 Å². The van der Waals surface area contributed by atoms with E-state index in [-0.39, 0.29) is 17.7 Å². The predicted molar refractivity (Wildman–Crippen MR) is 80.7 cm³/mol. The van der Waals surface area contributed by atoms with E-state index in [1.807, 2.05) is 24.0 Å². The molecular formula is C16H24N2O3. The molecule has 116 valence electrons. The van der Waals surface area contributed by atoms with Gasteiger partial charge in [0.15, 0.2) is 0 Å². The number of rotatable bonds is 3. The Bertz CT molecular complexity index is 425.